The first-order valence-electron chi connectivity index (χ1n) is 24.9. The summed E-state index contributed by atoms with van der Waals surface area (Å²) >= 11 is 0. The van der Waals surface area contributed by atoms with Crippen LogP contribution in [0.2, 0.25) is 0 Å². The van der Waals surface area contributed by atoms with Crippen LogP contribution >= 0.6 is 0 Å². The van der Waals surface area contributed by atoms with Crippen molar-refractivity contribution in [3.8, 4) is 0 Å². The predicted octanol–water partition coefficient (Wildman–Crippen LogP) is -0.706. The molecule has 24 atom stereocenters. The molecule has 3 heterocycles. The van der Waals surface area contributed by atoms with Crippen LogP contribution in [0.25, 0.3) is 0 Å². The van der Waals surface area contributed by atoms with Crippen molar-refractivity contribution >= 4 is 11.9 Å². The Morgan fingerprint density at radius 3 is 1.86 bits per heavy atom. The number of rotatable bonds is 10. The third kappa shape index (κ3) is 8.36. The lowest BCUT2D eigenvalue weighted by atomic mass is 9.33. The fraction of sp³-hybridized carbons (Fsp3) is 0.918. The average molecular weight is 987 g/mol. The Bertz CT molecular complexity index is 1910. The summed E-state index contributed by atoms with van der Waals surface area (Å²) in [5.74, 6) is -1.73. The third-order valence-corrected chi connectivity index (χ3v) is 19.6. The Labute approximate surface area is 402 Å². The Morgan fingerprint density at radius 1 is 0.652 bits per heavy atom. The summed E-state index contributed by atoms with van der Waals surface area (Å²) < 4.78 is 40.4. The molecule has 0 unspecified atom stereocenters. The van der Waals surface area contributed by atoms with Crippen molar-refractivity contribution < 1.29 is 98.9 Å². The number of hydrogen-bond donors (Lipinski definition) is 11. The summed E-state index contributed by atoms with van der Waals surface area (Å²) in [6.45, 7) is 11.7. The molecule has 0 amide bonds. The molecule has 5 aliphatic carbocycles. The molecule has 0 spiro atoms. The minimum Gasteiger partial charge on any atom is -0.467 e. The SMILES string of the molecule is COC(=O)[C@H]1O[C@@H](O[C@H]2CC[C@@]3(C)[C@@H](CC[C@]4(C)[C@@H]3CC=C3[C@@H]5CC(C)(C)CC[C@]5(C(=O)O[C@@H]5O[C@H](CO)[C@@H](O)[C@H](O)[C@H]5O)CC[C@]34C)[C@]2(C)CO)[C@H](O)[C@@H](O[C@@H]2O[C@H](CO)[C@@H](O)[C@H](O)[C@H]2O)[C@@H]1O. The highest BCUT2D eigenvalue weighted by Gasteiger charge is 2.71. The summed E-state index contributed by atoms with van der Waals surface area (Å²) in [6.07, 6.45) is -17.1. The molecule has 0 bridgehead atoms. The lowest BCUT2D eigenvalue weighted by Gasteiger charge is -2.71. The fourth-order valence-electron chi connectivity index (χ4n) is 15.1. The van der Waals surface area contributed by atoms with E-state index in [1.165, 1.54) is 5.57 Å². The third-order valence-electron chi connectivity index (χ3n) is 19.6. The molecule has 3 saturated heterocycles. The minimum absolute atomic E-state index is 0.101. The van der Waals surface area contributed by atoms with Gasteiger partial charge in [-0.2, -0.15) is 0 Å². The van der Waals surface area contributed by atoms with Crippen LogP contribution in [0.5, 0.6) is 0 Å². The van der Waals surface area contributed by atoms with E-state index in [-0.39, 0.29) is 46.0 Å². The molecule has 0 aromatic heterocycles. The second-order valence-corrected chi connectivity index (χ2v) is 23.5. The number of esters is 2. The second-order valence-electron chi connectivity index (χ2n) is 23.5. The monoisotopic (exact) mass is 987 g/mol. The van der Waals surface area contributed by atoms with Gasteiger partial charge < -0.3 is 89.3 Å². The number of fused-ring (bicyclic) bond motifs is 7. The molecule has 8 rings (SSSR count). The highest BCUT2D eigenvalue weighted by atomic mass is 16.7. The van der Waals surface area contributed by atoms with E-state index in [1.54, 1.807) is 0 Å². The lowest BCUT2D eigenvalue weighted by molar-refractivity contribution is -0.366. The molecule has 394 valence electrons. The summed E-state index contributed by atoms with van der Waals surface area (Å²) in [5, 5.41) is 117. The van der Waals surface area contributed by atoms with E-state index in [9.17, 15) is 65.8 Å². The van der Waals surface area contributed by atoms with Gasteiger partial charge in [0, 0.05) is 5.41 Å². The molecule has 11 N–H and O–H groups in total. The number of carbonyl (C=O) groups is 2. The van der Waals surface area contributed by atoms with Gasteiger partial charge in [0.2, 0.25) is 6.29 Å². The van der Waals surface area contributed by atoms with E-state index >= 15 is 0 Å². The van der Waals surface area contributed by atoms with E-state index in [0.717, 1.165) is 26.4 Å². The molecular weight excluding hydrogens is 909 g/mol. The van der Waals surface area contributed by atoms with Gasteiger partial charge in [-0.3, -0.25) is 4.79 Å². The topological polar surface area (TPSA) is 321 Å². The van der Waals surface area contributed by atoms with Crippen molar-refractivity contribution in [2.75, 3.05) is 26.9 Å². The molecule has 20 heteroatoms. The van der Waals surface area contributed by atoms with E-state index in [4.69, 9.17) is 33.2 Å². The van der Waals surface area contributed by atoms with Crippen LogP contribution in [-0.2, 0) is 42.7 Å². The molecule has 7 fully saturated rings. The van der Waals surface area contributed by atoms with Gasteiger partial charge in [-0.1, -0.05) is 53.2 Å². The summed E-state index contributed by atoms with van der Waals surface area (Å²) in [4.78, 5) is 27.7. The number of aliphatic hydroxyl groups excluding tert-OH is 11. The smallest absolute Gasteiger partial charge is 0.337 e. The second kappa shape index (κ2) is 19.1. The van der Waals surface area contributed by atoms with E-state index in [1.807, 2.05) is 6.92 Å². The highest BCUT2D eigenvalue weighted by molar-refractivity contribution is 5.79. The summed E-state index contributed by atoms with van der Waals surface area (Å²) in [7, 11) is 1.08. The van der Waals surface area contributed by atoms with Crippen LogP contribution < -0.4 is 0 Å². The lowest BCUT2D eigenvalue weighted by Crippen LogP contribution is -2.68. The first-order chi connectivity index (χ1) is 32.3. The van der Waals surface area contributed by atoms with Gasteiger partial charge in [0.25, 0.3) is 0 Å². The van der Waals surface area contributed by atoms with Gasteiger partial charge in [-0.05, 0) is 104 Å². The quantitative estimate of drug-likeness (QED) is 0.0732. The first-order valence-corrected chi connectivity index (χ1v) is 24.9. The molecule has 0 aromatic carbocycles. The number of aliphatic hydroxyl groups is 11. The van der Waals surface area contributed by atoms with Crippen LogP contribution in [0.3, 0.4) is 0 Å². The molecule has 69 heavy (non-hydrogen) atoms. The summed E-state index contributed by atoms with van der Waals surface area (Å²) in [5.41, 5.74) is -1.69. The van der Waals surface area contributed by atoms with Crippen LogP contribution in [0.15, 0.2) is 11.6 Å². The Balaban J connectivity index is 1.05. The van der Waals surface area contributed by atoms with E-state index in [2.05, 4.69) is 40.7 Å². The van der Waals surface area contributed by atoms with Crippen molar-refractivity contribution in [2.45, 2.75) is 204 Å². The number of ether oxygens (including phenoxy) is 7. The van der Waals surface area contributed by atoms with Gasteiger partial charge in [-0.15, -0.1) is 0 Å². The molecule has 8 aliphatic rings. The number of carbonyl (C=O) groups excluding carboxylic acids is 2. The Morgan fingerprint density at radius 2 is 1.25 bits per heavy atom. The zero-order valence-corrected chi connectivity index (χ0v) is 40.8. The van der Waals surface area contributed by atoms with E-state index in [0.29, 0.717) is 44.9 Å². The maximum Gasteiger partial charge on any atom is 0.337 e. The Hall–Kier alpha value is -1.96. The Kier molecular flexibility index (Phi) is 14.7. The maximum absolute atomic E-state index is 14.7. The molecular formula is C49H78O20. The van der Waals surface area contributed by atoms with Crippen LogP contribution in [0.4, 0.5) is 0 Å². The molecule has 0 aromatic rings. The molecule has 3 aliphatic heterocycles. The van der Waals surface area contributed by atoms with Gasteiger partial charge in [0.05, 0.1) is 38.4 Å². The van der Waals surface area contributed by atoms with Crippen LogP contribution in [0.1, 0.15) is 106 Å². The predicted molar refractivity (Wildman–Crippen MR) is 237 cm³/mol. The standard InChI is InChI=1S/C49H78O20/c1-44(2)14-16-49(43(62)69-41-34(58)32(56)30(54)25(20-51)65-41)17-15-47(5)22(23(49)18-44)8-9-27-45(3)12-11-28(46(4,21-52)26(45)10-13-48(27,47)6)66-42-36(60)37(35(59)38(68-42)39(61)63-7)67-40-33(57)31(55)29(53)24(19-50)64-40/h8,23-38,40-42,50-60H,9-21H2,1-7H3/t23-,24+,25+,26+,27+,28-,29+,30+,31-,32-,33+,34+,35-,36+,37-,38-,40-,41-,42+,45-,46-,47+,48+,49-/m0/s1. The minimum atomic E-state index is -1.89. The number of hydrogen-bond acceptors (Lipinski definition) is 20. The number of allylic oxidation sites excluding steroid dienone is 2. The van der Waals surface area contributed by atoms with Gasteiger partial charge in [0.15, 0.2) is 18.7 Å². The normalized spacial score (nSPS) is 52.8. The van der Waals surface area contributed by atoms with Gasteiger partial charge in [-0.25, -0.2) is 4.79 Å². The fourth-order valence-corrected chi connectivity index (χ4v) is 15.1. The number of methoxy groups -OCH3 is 1. The van der Waals surface area contributed by atoms with Crippen molar-refractivity contribution in [1.29, 1.82) is 0 Å². The van der Waals surface area contributed by atoms with Gasteiger partial charge >= 0.3 is 11.9 Å². The van der Waals surface area contributed by atoms with Crippen LogP contribution in [0, 0.1) is 50.2 Å². The zero-order chi connectivity index (χ0) is 50.6. The summed E-state index contributed by atoms with van der Waals surface area (Å²) in [6, 6.07) is 0. The van der Waals surface area contributed by atoms with Gasteiger partial charge in [0.1, 0.15) is 67.1 Å². The molecule has 20 nitrogen and oxygen atoms in total. The first kappa shape index (κ1) is 53.3. The van der Waals surface area contributed by atoms with Crippen molar-refractivity contribution in [2.24, 2.45) is 50.2 Å². The van der Waals surface area contributed by atoms with Crippen molar-refractivity contribution in [3.05, 3.63) is 11.6 Å². The molecule has 4 saturated carbocycles. The van der Waals surface area contributed by atoms with E-state index < -0.39 is 134 Å². The molecule has 0 radical (unpaired) electrons. The largest absolute Gasteiger partial charge is 0.467 e. The maximum atomic E-state index is 14.7. The highest BCUT2D eigenvalue weighted by Crippen LogP contribution is 2.76. The van der Waals surface area contributed by atoms with Crippen molar-refractivity contribution in [3.63, 3.8) is 0 Å². The van der Waals surface area contributed by atoms with Crippen LogP contribution in [-0.4, -0.2) is 193 Å². The van der Waals surface area contributed by atoms with Crippen molar-refractivity contribution in [1.82, 2.24) is 0 Å². The average Bonchev–Trinajstić information content (AvgIpc) is 3.31. The zero-order valence-electron chi connectivity index (χ0n) is 40.8.